The van der Waals surface area contributed by atoms with Gasteiger partial charge in [0.05, 0.1) is 19.0 Å². The highest BCUT2D eigenvalue weighted by Gasteiger charge is 2.21. The van der Waals surface area contributed by atoms with Crippen molar-refractivity contribution in [3.8, 4) is 5.75 Å². The van der Waals surface area contributed by atoms with Gasteiger partial charge in [-0.2, -0.15) is 9.97 Å². The minimum absolute atomic E-state index is 0.185. The molecule has 1 aliphatic carbocycles. The molecule has 3 N–H and O–H groups in total. The van der Waals surface area contributed by atoms with Gasteiger partial charge in [-0.3, -0.25) is 0 Å². The molecule has 0 atom stereocenters. The number of fused-ring (bicyclic) bond motifs is 1. The van der Waals surface area contributed by atoms with Crippen molar-refractivity contribution in [1.82, 2.24) is 19.5 Å². The Bertz CT molecular complexity index is 951. The summed E-state index contributed by atoms with van der Waals surface area (Å²) in [4.78, 5) is 14.0. The van der Waals surface area contributed by atoms with Gasteiger partial charge >= 0.3 is 0 Å². The molecule has 0 radical (unpaired) electrons. The van der Waals surface area contributed by atoms with Gasteiger partial charge in [0.2, 0.25) is 5.95 Å². The van der Waals surface area contributed by atoms with E-state index in [0.29, 0.717) is 24.9 Å². The van der Waals surface area contributed by atoms with E-state index in [1.165, 1.54) is 0 Å². The molecule has 1 aromatic carbocycles. The molecule has 0 unspecified atom stereocenters. The van der Waals surface area contributed by atoms with Crippen molar-refractivity contribution in [2.75, 3.05) is 23.8 Å². The van der Waals surface area contributed by atoms with E-state index in [0.717, 1.165) is 42.6 Å². The van der Waals surface area contributed by atoms with Crippen LogP contribution in [0.3, 0.4) is 0 Å². The summed E-state index contributed by atoms with van der Waals surface area (Å²) < 4.78 is 7.83. The van der Waals surface area contributed by atoms with E-state index >= 15 is 0 Å². The maximum absolute atomic E-state index is 9.76. The highest BCUT2D eigenvalue weighted by atomic mass is 16.5. The number of hydrogen-bond acceptors (Lipinski definition) is 7. The van der Waals surface area contributed by atoms with Gasteiger partial charge in [-0.05, 0) is 51.7 Å². The lowest BCUT2D eigenvalue weighted by molar-refractivity contribution is 0.126. The van der Waals surface area contributed by atoms with Crippen LogP contribution in [-0.2, 0) is 0 Å². The van der Waals surface area contributed by atoms with E-state index in [2.05, 4.69) is 34.0 Å². The summed E-state index contributed by atoms with van der Waals surface area (Å²) in [5.74, 6) is 2.14. The average Bonchev–Trinajstić information content (AvgIpc) is 3.18. The fourth-order valence-corrected chi connectivity index (χ4v) is 3.74. The summed E-state index contributed by atoms with van der Waals surface area (Å²) in [6.07, 6.45) is 5.09. The van der Waals surface area contributed by atoms with E-state index in [4.69, 9.17) is 14.7 Å². The van der Waals surface area contributed by atoms with Gasteiger partial charge in [-0.15, -0.1) is 0 Å². The molecule has 2 aromatic heterocycles. The summed E-state index contributed by atoms with van der Waals surface area (Å²) in [5, 5.41) is 16.6. The number of nitrogens with zero attached hydrogens (tertiary/aromatic N) is 4. The molecule has 0 amide bonds. The Labute approximate surface area is 176 Å². The van der Waals surface area contributed by atoms with Crippen molar-refractivity contribution in [2.45, 2.75) is 57.7 Å². The molecule has 2 heterocycles. The highest BCUT2D eigenvalue weighted by molar-refractivity contribution is 5.84. The number of aliphatic hydroxyl groups excluding tert-OH is 1. The molecule has 0 bridgehead atoms. The summed E-state index contributed by atoms with van der Waals surface area (Å²) in [6.45, 7) is 5.34. The van der Waals surface area contributed by atoms with Crippen molar-refractivity contribution >= 4 is 22.9 Å². The molecule has 8 heteroatoms. The van der Waals surface area contributed by atoms with Crippen LogP contribution in [0.4, 0.5) is 11.8 Å². The van der Waals surface area contributed by atoms with Crippen LogP contribution in [0.15, 0.2) is 36.7 Å². The van der Waals surface area contributed by atoms with Crippen LogP contribution in [-0.4, -0.2) is 49.9 Å². The molecule has 0 aliphatic heterocycles. The molecule has 1 saturated carbocycles. The quantitative estimate of drug-likeness (QED) is 0.488. The van der Waals surface area contributed by atoms with Crippen LogP contribution in [0.1, 0.15) is 45.6 Å². The summed E-state index contributed by atoms with van der Waals surface area (Å²) >= 11 is 0. The number of hydrogen-bond donors (Lipinski definition) is 3. The summed E-state index contributed by atoms with van der Waals surface area (Å²) in [7, 11) is 0. The maximum Gasteiger partial charge on any atom is 0.227 e. The van der Waals surface area contributed by atoms with Crippen molar-refractivity contribution in [3.63, 3.8) is 0 Å². The number of anilines is 2. The maximum atomic E-state index is 9.76. The number of nitrogens with one attached hydrogen (secondary N) is 2. The predicted molar refractivity (Wildman–Crippen MR) is 118 cm³/mol. The Hall–Kier alpha value is -2.87. The van der Waals surface area contributed by atoms with Crippen LogP contribution >= 0.6 is 0 Å². The first-order chi connectivity index (χ1) is 14.6. The van der Waals surface area contributed by atoms with Crippen LogP contribution in [0, 0.1) is 0 Å². The summed E-state index contributed by atoms with van der Waals surface area (Å²) in [5.41, 5.74) is 1.57. The van der Waals surface area contributed by atoms with Gasteiger partial charge in [0.15, 0.2) is 17.0 Å². The number of imidazole rings is 1. The molecular weight excluding hydrogens is 380 g/mol. The number of aromatic nitrogens is 4. The molecule has 3 aromatic rings. The first-order valence-corrected chi connectivity index (χ1v) is 10.7. The Morgan fingerprint density at radius 3 is 2.63 bits per heavy atom. The second kappa shape index (κ2) is 9.30. The lowest BCUT2D eigenvalue weighted by Gasteiger charge is -2.26. The molecule has 0 spiro atoms. The zero-order chi connectivity index (χ0) is 20.9. The SMILES string of the molecule is CC(C)n1cnc2c(NCCOc3ccccc3)nc(NC3CCC(O)CC3)nc21. The van der Waals surface area contributed by atoms with Crippen molar-refractivity contribution < 1.29 is 9.84 Å². The van der Waals surface area contributed by atoms with Crippen LogP contribution < -0.4 is 15.4 Å². The van der Waals surface area contributed by atoms with Crippen LogP contribution in [0.25, 0.3) is 11.2 Å². The number of rotatable bonds is 8. The largest absolute Gasteiger partial charge is 0.492 e. The van der Waals surface area contributed by atoms with E-state index in [1.807, 2.05) is 36.7 Å². The van der Waals surface area contributed by atoms with Crippen molar-refractivity contribution in [3.05, 3.63) is 36.7 Å². The summed E-state index contributed by atoms with van der Waals surface area (Å²) in [6, 6.07) is 10.3. The second-order valence-electron chi connectivity index (χ2n) is 8.05. The second-order valence-corrected chi connectivity index (χ2v) is 8.05. The molecule has 4 rings (SSSR count). The Kier molecular flexibility index (Phi) is 6.32. The standard InChI is InChI=1S/C22H30N6O2/c1-15(2)28-14-24-19-20(23-12-13-30-18-6-4-3-5-7-18)26-22(27-21(19)28)25-16-8-10-17(29)11-9-16/h3-7,14-17,29H,8-13H2,1-2H3,(H2,23,25,26,27). The van der Waals surface area contributed by atoms with Gasteiger partial charge < -0.3 is 25.0 Å². The molecule has 30 heavy (non-hydrogen) atoms. The van der Waals surface area contributed by atoms with E-state index in [9.17, 15) is 5.11 Å². The van der Waals surface area contributed by atoms with Gasteiger partial charge in [0, 0.05) is 12.1 Å². The molecule has 0 saturated heterocycles. The smallest absolute Gasteiger partial charge is 0.227 e. The lowest BCUT2D eigenvalue weighted by atomic mass is 9.93. The highest BCUT2D eigenvalue weighted by Crippen LogP contribution is 2.26. The lowest BCUT2D eigenvalue weighted by Crippen LogP contribution is -2.29. The normalized spacial score (nSPS) is 19.2. The fraction of sp³-hybridized carbons (Fsp3) is 0.500. The zero-order valence-corrected chi connectivity index (χ0v) is 17.6. The average molecular weight is 411 g/mol. The van der Waals surface area contributed by atoms with Gasteiger partial charge in [-0.1, -0.05) is 18.2 Å². The third-order valence-corrected chi connectivity index (χ3v) is 5.41. The first kappa shape index (κ1) is 20.4. The molecular formula is C22H30N6O2. The minimum Gasteiger partial charge on any atom is -0.492 e. The van der Waals surface area contributed by atoms with Crippen LogP contribution in [0.5, 0.6) is 5.75 Å². The Balaban J connectivity index is 1.49. The third-order valence-electron chi connectivity index (χ3n) is 5.41. The van der Waals surface area contributed by atoms with Gasteiger partial charge in [-0.25, -0.2) is 4.98 Å². The van der Waals surface area contributed by atoms with Crippen LogP contribution in [0.2, 0.25) is 0 Å². The first-order valence-electron chi connectivity index (χ1n) is 10.7. The zero-order valence-electron chi connectivity index (χ0n) is 17.6. The monoisotopic (exact) mass is 410 g/mol. The molecule has 1 fully saturated rings. The predicted octanol–water partition coefficient (Wildman–Crippen LogP) is 3.61. The van der Waals surface area contributed by atoms with Crippen molar-refractivity contribution in [1.29, 1.82) is 0 Å². The number of aliphatic hydroxyl groups is 1. The number of benzene rings is 1. The topological polar surface area (TPSA) is 97.1 Å². The molecule has 160 valence electrons. The Morgan fingerprint density at radius 1 is 1.13 bits per heavy atom. The van der Waals surface area contributed by atoms with E-state index < -0.39 is 0 Å². The minimum atomic E-state index is -0.185. The molecule has 8 nitrogen and oxygen atoms in total. The number of para-hydroxylation sites is 1. The van der Waals surface area contributed by atoms with E-state index in [-0.39, 0.29) is 18.2 Å². The molecule has 1 aliphatic rings. The third kappa shape index (κ3) is 4.81. The number of ether oxygens (including phenoxy) is 1. The fourth-order valence-electron chi connectivity index (χ4n) is 3.74. The Morgan fingerprint density at radius 2 is 1.90 bits per heavy atom. The van der Waals surface area contributed by atoms with Gasteiger partial charge in [0.1, 0.15) is 12.4 Å². The van der Waals surface area contributed by atoms with Crippen molar-refractivity contribution in [2.24, 2.45) is 0 Å². The van der Waals surface area contributed by atoms with Gasteiger partial charge in [0.25, 0.3) is 0 Å². The van der Waals surface area contributed by atoms with E-state index in [1.54, 1.807) is 0 Å².